The second-order valence-electron chi connectivity index (χ2n) is 4.34. The summed E-state index contributed by atoms with van der Waals surface area (Å²) in [7, 11) is 0. The van der Waals surface area contributed by atoms with Crippen LogP contribution in [0.15, 0.2) is 41.4 Å². The standard InChI is InChI=1S/C13H10F3N5S/c1-22-11-7-6-10-18-19-12(21(10)20-11)17-9-5-3-2-4-8(9)13(14,15)16/h2-7H,1H3,(H,17,19). The highest BCUT2D eigenvalue weighted by atomic mass is 32.2. The zero-order chi connectivity index (χ0) is 15.7. The molecule has 3 aromatic rings. The van der Waals surface area contributed by atoms with Gasteiger partial charge in [-0.15, -0.1) is 22.0 Å². The third kappa shape index (κ3) is 2.71. The van der Waals surface area contributed by atoms with Gasteiger partial charge in [0.25, 0.3) is 0 Å². The van der Waals surface area contributed by atoms with Crippen LogP contribution in [0.1, 0.15) is 5.56 Å². The Labute approximate surface area is 127 Å². The van der Waals surface area contributed by atoms with E-state index in [4.69, 9.17) is 0 Å². The lowest BCUT2D eigenvalue weighted by atomic mass is 10.1. The van der Waals surface area contributed by atoms with Gasteiger partial charge in [-0.1, -0.05) is 12.1 Å². The molecule has 0 unspecified atom stereocenters. The first-order chi connectivity index (χ1) is 10.5. The van der Waals surface area contributed by atoms with Crippen LogP contribution in [0, 0.1) is 0 Å². The molecule has 0 fully saturated rings. The molecule has 0 atom stereocenters. The van der Waals surface area contributed by atoms with Gasteiger partial charge in [-0.2, -0.15) is 22.8 Å². The summed E-state index contributed by atoms with van der Waals surface area (Å²) < 4.78 is 40.4. The minimum atomic E-state index is -4.46. The molecule has 1 N–H and O–H groups in total. The lowest BCUT2D eigenvalue weighted by molar-refractivity contribution is -0.136. The molecule has 1 aromatic carbocycles. The van der Waals surface area contributed by atoms with Crippen LogP contribution in [0.3, 0.4) is 0 Å². The number of nitrogens with zero attached hydrogens (tertiary/aromatic N) is 4. The number of thioether (sulfide) groups is 1. The number of aromatic nitrogens is 4. The van der Waals surface area contributed by atoms with E-state index in [1.165, 1.54) is 34.5 Å². The number of hydrogen-bond acceptors (Lipinski definition) is 5. The summed E-state index contributed by atoms with van der Waals surface area (Å²) >= 11 is 1.41. The van der Waals surface area contributed by atoms with Crippen LogP contribution < -0.4 is 5.32 Å². The molecular weight excluding hydrogens is 315 g/mol. The van der Waals surface area contributed by atoms with E-state index in [-0.39, 0.29) is 11.6 Å². The Morgan fingerprint density at radius 2 is 1.86 bits per heavy atom. The SMILES string of the molecule is CSc1ccc2nnc(Nc3ccccc3C(F)(F)F)n2n1. The van der Waals surface area contributed by atoms with E-state index in [9.17, 15) is 13.2 Å². The molecule has 114 valence electrons. The van der Waals surface area contributed by atoms with Crippen molar-refractivity contribution in [1.82, 2.24) is 19.8 Å². The molecule has 2 aromatic heterocycles. The van der Waals surface area contributed by atoms with Crippen molar-refractivity contribution in [1.29, 1.82) is 0 Å². The van der Waals surface area contributed by atoms with Crippen LogP contribution in [0.2, 0.25) is 0 Å². The summed E-state index contributed by atoms with van der Waals surface area (Å²) in [5, 5.41) is 15.3. The van der Waals surface area contributed by atoms with Crippen molar-refractivity contribution in [3.63, 3.8) is 0 Å². The molecule has 3 rings (SSSR count). The molecule has 0 aliphatic carbocycles. The number of para-hydroxylation sites is 1. The number of halogens is 3. The fourth-order valence-electron chi connectivity index (χ4n) is 1.92. The van der Waals surface area contributed by atoms with Gasteiger partial charge < -0.3 is 5.32 Å². The Kier molecular flexibility index (Phi) is 3.65. The lowest BCUT2D eigenvalue weighted by Gasteiger charge is -2.13. The van der Waals surface area contributed by atoms with Gasteiger partial charge in [0.1, 0.15) is 5.03 Å². The first kappa shape index (κ1) is 14.6. The number of alkyl halides is 3. The number of hydrogen-bond donors (Lipinski definition) is 1. The maximum atomic E-state index is 13.0. The molecule has 0 saturated carbocycles. The van der Waals surface area contributed by atoms with Crippen molar-refractivity contribution < 1.29 is 13.2 Å². The van der Waals surface area contributed by atoms with Gasteiger partial charge >= 0.3 is 6.18 Å². The largest absolute Gasteiger partial charge is 0.418 e. The Morgan fingerprint density at radius 3 is 2.59 bits per heavy atom. The van der Waals surface area contributed by atoms with Crippen molar-refractivity contribution in [2.75, 3.05) is 11.6 Å². The van der Waals surface area contributed by atoms with E-state index < -0.39 is 11.7 Å². The zero-order valence-electron chi connectivity index (χ0n) is 11.3. The van der Waals surface area contributed by atoms with E-state index in [1.54, 1.807) is 12.1 Å². The van der Waals surface area contributed by atoms with Crippen molar-refractivity contribution in [2.45, 2.75) is 11.2 Å². The summed E-state index contributed by atoms with van der Waals surface area (Å²) in [4.78, 5) is 0. The highest BCUT2D eigenvalue weighted by Crippen LogP contribution is 2.35. The van der Waals surface area contributed by atoms with Crippen molar-refractivity contribution in [2.24, 2.45) is 0 Å². The monoisotopic (exact) mass is 325 g/mol. The van der Waals surface area contributed by atoms with Crippen LogP contribution in [-0.4, -0.2) is 26.1 Å². The van der Waals surface area contributed by atoms with E-state index in [1.807, 2.05) is 6.26 Å². The molecule has 9 heteroatoms. The Hall–Kier alpha value is -2.29. The van der Waals surface area contributed by atoms with Crippen molar-refractivity contribution in [3.05, 3.63) is 42.0 Å². The number of fused-ring (bicyclic) bond motifs is 1. The smallest absolute Gasteiger partial charge is 0.322 e. The number of anilines is 2. The number of rotatable bonds is 3. The average Bonchev–Trinajstić information content (AvgIpc) is 2.89. The van der Waals surface area contributed by atoms with Crippen LogP contribution >= 0.6 is 11.8 Å². The zero-order valence-corrected chi connectivity index (χ0v) is 12.1. The summed E-state index contributed by atoms with van der Waals surface area (Å²) in [6.07, 6.45) is -2.60. The minimum Gasteiger partial charge on any atom is -0.322 e. The molecule has 0 amide bonds. The molecule has 5 nitrogen and oxygen atoms in total. The summed E-state index contributed by atoms with van der Waals surface area (Å²) in [5.41, 5.74) is -0.418. The highest BCUT2D eigenvalue weighted by molar-refractivity contribution is 7.98. The molecular formula is C13H10F3N5S. The van der Waals surface area contributed by atoms with E-state index in [0.29, 0.717) is 10.7 Å². The van der Waals surface area contributed by atoms with E-state index >= 15 is 0 Å². The average molecular weight is 325 g/mol. The molecule has 0 bridgehead atoms. The van der Waals surface area contributed by atoms with Gasteiger partial charge in [-0.25, -0.2) is 0 Å². The number of nitrogens with one attached hydrogen (secondary N) is 1. The predicted octanol–water partition coefficient (Wildman–Crippen LogP) is 3.61. The van der Waals surface area contributed by atoms with E-state index in [0.717, 1.165) is 6.07 Å². The number of benzene rings is 1. The third-order valence-electron chi connectivity index (χ3n) is 2.93. The highest BCUT2D eigenvalue weighted by Gasteiger charge is 2.33. The molecule has 0 aliphatic rings. The molecule has 2 heterocycles. The second kappa shape index (κ2) is 5.48. The van der Waals surface area contributed by atoms with Gasteiger partial charge in [0, 0.05) is 0 Å². The quantitative estimate of drug-likeness (QED) is 0.746. The summed E-state index contributed by atoms with van der Waals surface area (Å²) in [6.45, 7) is 0. The van der Waals surface area contributed by atoms with Crippen LogP contribution in [-0.2, 0) is 6.18 Å². The molecule has 0 saturated heterocycles. The molecule has 0 spiro atoms. The summed E-state index contributed by atoms with van der Waals surface area (Å²) in [6, 6.07) is 8.66. The fraction of sp³-hybridized carbons (Fsp3) is 0.154. The Balaban J connectivity index is 2.04. The third-order valence-corrected chi connectivity index (χ3v) is 3.56. The first-order valence-electron chi connectivity index (χ1n) is 6.19. The second-order valence-corrected chi connectivity index (χ2v) is 5.16. The fourth-order valence-corrected chi connectivity index (χ4v) is 2.29. The predicted molar refractivity (Wildman–Crippen MR) is 77.3 cm³/mol. The van der Waals surface area contributed by atoms with Gasteiger partial charge in [-0.05, 0) is 30.5 Å². The van der Waals surface area contributed by atoms with Crippen LogP contribution in [0.5, 0.6) is 0 Å². The van der Waals surface area contributed by atoms with Gasteiger partial charge in [0.15, 0.2) is 5.65 Å². The van der Waals surface area contributed by atoms with Gasteiger partial charge in [0.2, 0.25) is 5.95 Å². The minimum absolute atomic E-state index is 0.0966. The Bertz CT molecular complexity index is 815. The van der Waals surface area contributed by atoms with E-state index in [2.05, 4.69) is 20.6 Å². The van der Waals surface area contributed by atoms with Crippen LogP contribution in [0.25, 0.3) is 5.65 Å². The van der Waals surface area contributed by atoms with Crippen molar-refractivity contribution >= 4 is 29.0 Å². The van der Waals surface area contributed by atoms with Crippen molar-refractivity contribution in [3.8, 4) is 0 Å². The lowest BCUT2D eigenvalue weighted by Crippen LogP contribution is -2.10. The maximum absolute atomic E-state index is 13.0. The molecule has 22 heavy (non-hydrogen) atoms. The molecule has 0 radical (unpaired) electrons. The van der Waals surface area contributed by atoms with Crippen LogP contribution in [0.4, 0.5) is 24.8 Å². The summed E-state index contributed by atoms with van der Waals surface area (Å²) in [5.74, 6) is 0.127. The first-order valence-corrected chi connectivity index (χ1v) is 7.41. The molecule has 0 aliphatic heterocycles. The normalized spacial score (nSPS) is 11.8. The maximum Gasteiger partial charge on any atom is 0.418 e. The Morgan fingerprint density at radius 1 is 1.09 bits per heavy atom. The van der Waals surface area contributed by atoms with Gasteiger partial charge in [-0.3, -0.25) is 0 Å². The van der Waals surface area contributed by atoms with Gasteiger partial charge in [0.05, 0.1) is 11.3 Å². The topological polar surface area (TPSA) is 55.1 Å².